The van der Waals surface area contributed by atoms with Gasteiger partial charge in [-0.3, -0.25) is 9.59 Å². The lowest BCUT2D eigenvalue weighted by Crippen LogP contribution is -2.42. The van der Waals surface area contributed by atoms with E-state index in [1.807, 2.05) is 31.2 Å². The average molecular weight is 469 g/mol. The second-order valence-electron chi connectivity index (χ2n) is 8.42. The van der Waals surface area contributed by atoms with E-state index in [4.69, 9.17) is 5.73 Å². The summed E-state index contributed by atoms with van der Waals surface area (Å²) in [4.78, 5) is 36.2. The van der Waals surface area contributed by atoms with E-state index >= 15 is 0 Å². The Balaban J connectivity index is 1.39. The molecule has 2 amide bonds. The lowest BCUT2D eigenvalue weighted by molar-refractivity contribution is -0.125. The van der Waals surface area contributed by atoms with Gasteiger partial charge in [-0.1, -0.05) is 42.0 Å². The number of hydrogen-bond donors (Lipinski definition) is 6. The van der Waals surface area contributed by atoms with Crippen molar-refractivity contribution in [3.8, 4) is 0 Å². The Morgan fingerprint density at radius 1 is 0.971 bits per heavy atom. The number of nitrogens with zero attached hydrogens (tertiary/aromatic N) is 1. The number of aromatic nitrogens is 3. The molecule has 0 saturated carbocycles. The van der Waals surface area contributed by atoms with E-state index in [0.29, 0.717) is 28.0 Å². The quantitative estimate of drug-likeness (QED) is 0.226. The molecule has 0 bridgehead atoms. The number of nitrogen functional groups attached to an aromatic ring is 1. The number of hydrogen-bond acceptors (Lipinski definition) is 5. The molecule has 3 aromatic carbocycles. The van der Waals surface area contributed by atoms with E-state index in [0.717, 1.165) is 16.5 Å². The molecule has 2 unspecified atom stereocenters. The molecule has 0 radical (unpaired) electrons. The van der Waals surface area contributed by atoms with Gasteiger partial charge >= 0.3 is 0 Å². The van der Waals surface area contributed by atoms with Crippen LogP contribution in [0.3, 0.4) is 0 Å². The number of aromatic amines is 2. The van der Waals surface area contributed by atoms with E-state index in [1.54, 1.807) is 48.5 Å². The molecule has 7 N–H and O–H groups in total. The smallest absolute Gasteiger partial charge is 0.268 e. The zero-order valence-corrected chi connectivity index (χ0v) is 18.9. The molecule has 2 aromatic heterocycles. The molecule has 0 fully saturated rings. The number of aliphatic hydroxyl groups is 1. The van der Waals surface area contributed by atoms with E-state index in [1.165, 1.54) is 0 Å². The highest BCUT2D eigenvalue weighted by atomic mass is 16.3. The summed E-state index contributed by atoms with van der Waals surface area (Å²) >= 11 is 0. The molecular formula is C26H24N6O3. The zero-order chi connectivity index (χ0) is 24.5. The molecule has 9 nitrogen and oxygen atoms in total. The van der Waals surface area contributed by atoms with Crippen LogP contribution in [0.4, 0.5) is 11.6 Å². The second-order valence-corrected chi connectivity index (χ2v) is 8.42. The fourth-order valence-corrected chi connectivity index (χ4v) is 4.07. The number of rotatable bonds is 6. The Labute approximate surface area is 200 Å². The molecule has 0 aliphatic rings. The summed E-state index contributed by atoms with van der Waals surface area (Å²) in [5, 5.41) is 17.4. The van der Waals surface area contributed by atoms with Crippen LogP contribution in [0, 0.1) is 6.92 Å². The van der Waals surface area contributed by atoms with Crippen molar-refractivity contribution in [2.45, 2.75) is 19.1 Å². The summed E-state index contributed by atoms with van der Waals surface area (Å²) in [5.74, 6) is -0.838. The van der Waals surface area contributed by atoms with Crippen molar-refractivity contribution in [2.24, 2.45) is 0 Å². The Hall–Kier alpha value is -4.63. The van der Waals surface area contributed by atoms with Crippen LogP contribution >= 0.6 is 0 Å². The second kappa shape index (κ2) is 8.96. The van der Waals surface area contributed by atoms with Gasteiger partial charge in [-0.05, 0) is 48.9 Å². The molecule has 176 valence electrons. The van der Waals surface area contributed by atoms with Crippen LogP contribution in [0.5, 0.6) is 0 Å². The molecular weight excluding hydrogens is 444 g/mol. The lowest BCUT2D eigenvalue weighted by Gasteiger charge is -2.24. The monoisotopic (exact) mass is 468 g/mol. The number of benzene rings is 3. The highest BCUT2D eigenvalue weighted by Gasteiger charge is 2.30. The SMILES string of the molecule is Cc1ccc2[nH]c(C(=O)NC(c3ccccc3)C(O)C(=O)Nc3ccc4nc(N)[nH]c4c3)cc2c1. The summed E-state index contributed by atoms with van der Waals surface area (Å²) in [7, 11) is 0. The molecule has 0 aliphatic heterocycles. The Kier molecular flexibility index (Phi) is 5.68. The van der Waals surface area contributed by atoms with Gasteiger partial charge in [-0.15, -0.1) is 0 Å². The third-order valence-corrected chi connectivity index (χ3v) is 5.82. The number of fused-ring (bicyclic) bond motifs is 2. The molecule has 2 heterocycles. The van der Waals surface area contributed by atoms with E-state index in [-0.39, 0.29) is 5.95 Å². The number of H-pyrrole nitrogens is 2. The van der Waals surface area contributed by atoms with Gasteiger partial charge in [0.2, 0.25) is 0 Å². The number of anilines is 2. The predicted octanol–water partition coefficient (Wildman–Crippen LogP) is 3.41. The highest BCUT2D eigenvalue weighted by Crippen LogP contribution is 2.23. The molecule has 0 spiro atoms. The number of nitrogens with one attached hydrogen (secondary N) is 4. The van der Waals surface area contributed by atoms with Crippen LogP contribution in [-0.4, -0.2) is 38.0 Å². The van der Waals surface area contributed by atoms with Gasteiger partial charge in [0.25, 0.3) is 11.8 Å². The third kappa shape index (κ3) is 4.57. The summed E-state index contributed by atoms with van der Waals surface area (Å²) in [6, 6.07) is 20.5. The topological polar surface area (TPSA) is 149 Å². The number of imidazole rings is 1. The van der Waals surface area contributed by atoms with Gasteiger partial charge in [-0.25, -0.2) is 4.98 Å². The first-order valence-electron chi connectivity index (χ1n) is 11.1. The number of aliphatic hydroxyl groups excluding tert-OH is 1. The molecule has 5 aromatic rings. The molecule has 9 heteroatoms. The summed E-state index contributed by atoms with van der Waals surface area (Å²) < 4.78 is 0. The fraction of sp³-hybridized carbons (Fsp3) is 0.115. The van der Waals surface area contributed by atoms with E-state index in [2.05, 4.69) is 25.6 Å². The number of nitrogens with two attached hydrogens (primary N) is 1. The van der Waals surface area contributed by atoms with Gasteiger partial charge in [-0.2, -0.15) is 0 Å². The number of amides is 2. The van der Waals surface area contributed by atoms with E-state index in [9.17, 15) is 14.7 Å². The van der Waals surface area contributed by atoms with Gasteiger partial charge in [0.05, 0.1) is 17.1 Å². The number of aryl methyl sites for hydroxylation is 1. The number of carbonyl (C=O) groups is 2. The predicted molar refractivity (Wildman–Crippen MR) is 135 cm³/mol. The molecule has 5 rings (SSSR count). The largest absolute Gasteiger partial charge is 0.381 e. The minimum Gasteiger partial charge on any atom is -0.381 e. The summed E-state index contributed by atoms with van der Waals surface area (Å²) in [6.07, 6.45) is -1.56. The first-order valence-corrected chi connectivity index (χ1v) is 11.1. The minimum absolute atomic E-state index is 0.266. The van der Waals surface area contributed by atoms with Crippen molar-refractivity contribution in [2.75, 3.05) is 11.1 Å². The fourth-order valence-electron chi connectivity index (χ4n) is 4.07. The Bertz CT molecular complexity index is 1540. The lowest BCUT2D eigenvalue weighted by atomic mass is 10.00. The van der Waals surface area contributed by atoms with Crippen LogP contribution in [0.1, 0.15) is 27.7 Å². The molecule has 0 saturated heterocycles. The maximum atomic E-state index is 13.1. The molecule has 2 atom stereocenters. The summed E-state index contributed by atoms with van der Waals surface area (Å²) in [6.45, 7) is 1.98. The van der Waals surface area contributed by atoms with Gasteiger partial charge in [0, 0.05) is 16.6 Å². The maximum Gasteiger partial charge on any atom is 0.268 e. The Morgan fingerprint density at radius 2 is 1.77 bits per heavy atom. The van der Waals surface area contributed by atoms with Crippen LogP contribution in [0.2, 0.25) is 0 Å². The summed E-state index contributed by atoms with van der Waals surface area (Å²) in [5.41, 5.74) is 10.3. The van der Waals surface area contributed by atoms with Gasteiger partial charge < -0.3 is 31.4 Å². The van der Waals surface area contributed by atoms with Crippen molar-refractivity contribution >= 4 is 45.4 Å². The van der Waals surface area contributed by atoms with Crippen LogP contribution < -0.4 is 16.4 Å². The standard InChI is InChI=1S/C26H24N6O3/c1-14-7-9-18-16(11-14)12-21(29-18)24(34)32-22(15-5-3-2-4-6-15)23(33)25(35)28-17-8-10-19-20(13-17)31-26(27)30-19/h2-13,22-23,29,33H,1H3,(H,28,35)(H,32,34)(H3,27,30,31). The van der Waals surface area contributed by atoms with Gasteiger partial charge in [0.15, 0.2) is 12.1 Å². The third-order valence-electron chi connectivity index (χ3n) is 5.82. The maximum absolute atomic E-state index is 13.1. The highest BCUT2D eigenvalue weighted by molar-refractivity contribution is 6.00. The van der Waals surface area contributed by atoms with Crippen molar-refractivity contribution in [3.05, 3.63) is 89.6 Å². The van der Waals surface area contributed by atoms with Crippen molar-refractivity contribution in [3.63, 3.8) is 0 Å². The first-order chi connectivity index (χ1) is 16.9. The van der Waals surface area contributed by atoms with Crippen LogP contribution in [-0.2, 0) is 4.79 Å². The van der Waals surface area contributed by atoms with Crippen LogP contribution in [0.25, 0.3) is 21.9 Å². The minimum atomic E-state index is -1.56. The zero-order valence-electron chi connectivity index (χ0n) is 18.9. The van der Waals surface area contributed by atoms with Crippen molar-refractivity contribution in [1.29, 1.82) is 0 Å². The van der Waals surface area contributed by atoms with Crippen molar-refractivity contribution < 1.29 is 14.7 Å². The Morgan fingerprint density at radius 3 is 2.57 bits per heavy atom. The molecule has 35 heavy (non-hydrogen) atoms. The van der Waals surface area contributed by atoms with Gasteiger partial charge in [0.1, 0.15) is 5.69 Å². The normalized spacial score (nSPS) is 13.0. The average Bonchev–Trinajstić information content (AvgIpc) is 3.44. The molecule has 0 aliphatic carbocycles. The van der Waals surface area contributed by atoms with E-state index < -0.39 is 24.0 Å². The number of carbonyl (C=O) groups excluding carboxylic acids is 2. The first kappa shape index (κ1) is 22.2. The van der Waals surface area contributed by atoms with Crippen molar-refractivity contribution in [1.82, 2.24) is 20.3 Å². The van der Waals surface area contributed by atoms with Crippen LogP contribution in [0.15, 0.2) is 72.8 Å².